The van der Waals surface area contributed by atoms with Gasteiger partial charge in [-0.05, 0) is 32.4 Å². The molecule has 0 saturated carbocycles. The molecule has 1 atom stereocenters. The average molecular weight is 241 g/mol. The summed E-state index contributed by atoms with van der Waals surface area (Å²) in [6, 6.07) is 0. The zero-order chi connectivity index (χ0) is 12.5. The predicted molar refractivity (Wildman–Crippen MR) is 70.2 cm³/mol. The number of rotatable bonds is 8. The van der Waals surface area contributed by atoms with E-state index in [1.807, 2.05) is 0 Å². The summed E-state index contributed by atoms with van der Waals surface area (Å²) in [5.74, 6) is -0.735. The monoisotopic (exact) mass is 241 g/mol. The molecule has 100 valence electrons. The molecule has 0 aromatic carbocycles. The second kappa shape index (κ2) is 8.51. The standard InChI is InChI=1S/C14H27NO2/c1-2-3-4-5-6-7-10-15-11-8-9-13(12-15)14(16)17/h13H,2-12H2,1H3,(H,16,17)/t13-/m1/s1. The fourth-order valence-electron chi connectivity index (χ4n) is 2.58. The Bertz CT molecular complexity index is 218. The maximum absolute atomic E-state index is 10.9. The Morgan fingerprint density at radius 2 is 1.94 bits per heavy atom. The van der Waals surface area contributed by atoms with Crippen LogP contribution in [0.5, 0.6) is 0 Å². The fraction of sp³-hybridized carbons (Fsp3) is 0.929. The predicted octanol–water partition coefficient (Wildman–Crippen LogP) is 3.14. The van der Waals surface area contributed by atoms with Gasteiger partial charge in [-0.25, -0.2) is 0 Å². The second-order valence-electron chi connectivity index (χ2n) is 5.25. The highest BCUT2D eigenvalue weighted by Crippen LogP contribution is 2.17. The number of hydrogen-bond acceptors (Lipinski definition) is 2. The highest BCUT2D eigenvalue weighted by molar-refractivity contribution is 5.70. The Morgan fingerprint density at radius 3 is 2.65 bits per heavy atom. The second-order valence-corrected chi connectivity index (χ2v) is 5.25. The molecule has 0 bridgehead atoms. The van der Waals surface area contributed by atoms with E-state index in [9.17, 15) is 4.79 Å². The quantitative estimate of drug-likeness (QED) is 0.664. The van der Waals surface area contributed by atoms with Crippen molar-refractivity contribution in [1.29, 1.82) is 0 Å². The van der Waals surface area contributed by atoms with E-state index in [1.165, 1.54) is 38.5 Å². The fourth-order valence-corrected chi connectivity index (χ4v) is 2.58. The zero-order valence-electron chi connectivity index (χ0n) is 11.2. The van der Waals surface area contributed by atoms with E-state index < -0.39 is 5.97 Å². The summed E-state index contributed by atoms with van der Waals surface area (Å²) in [6.45, 7) is 5.19. The first kappa shape index (κ1) is 14.5. The first-order valence-corrected chi connectivity index (χ1v) is 7.19. The number of unbranched alkanes of at least 4 members (excludes halogenated alkanes) is 5. The van der Waals surface area contributed by atoms with Crippen molar-refractivity contribution in [2.24, 2.45) is 5.92 Å². The molecule has 0 radical (unpaired) electrons. The van der Waals surface area contributed by atoms with Crippen LogP contribution in [0.15, 0.2) is 0 Å². The van der Waals surface area contributed by atoms with Crippen molar-refractivity contribution in [3.05, 3.63) is 0 Å². The minimum atomic E-state index is -0.613. The van der Waals surface area contributed by atoms with Crippen LogP contribution in [0.25, 0.3) is 0 Å². The largest absolute Gasteiger partial charge is 0.481 e. The topological polar surface area (TPSA) is 40.5 Å². The van der Waals surface area contributed by atoms with Gasteiger partial charge in [-0.15, -0.1) is 0 Å². The third-order valence-electron chi connectivity index (χ3n) is 3.68. The Morgan fingerprint density at radius 1 is 1.24 bits per heavy atom. The van der Waals surface area contributed by atoms with Gasteiger partial charge >= 0.3 is 5.97 Å². The van der Waals surface area contributed by atoms with Crippen LogP contribution >= 0.6 is 0 Å². The summed E-state index contributed by atoms with van der Waals surface area (Å²) < 4.78 is 0. The van der Waals surface area contributed by atoms with Gasteiger partial charge in [-0.2, -0.15) is 0 Å². The van der Waals surface area contributed by atoms with E-state index in [2.05, 4.69) is 11.8 Å². The first-order chi connectivity index (χ1) is 8.24. The molecule has 0 spiro atoms. The van der Waals surface area contributed by atoms with Gasteiger partial charge < -0.3 is 10.0 Å². The SMILES string of the molecule is CCCCCCCCN1CCC[C@@H](C(=O)O)C1. The Balaban J connectivity index is 2.04. The number of aliphatic carboxylic acids is 1. The molecular formula is C14H27NO2. The Kier molecular flexibility index (Phi) is 7.25. The van der Waals surface area contributed by atoms with Gasteiger partial charge in [-0.1, -0.05) is 39.0 Å². The lowest BCUT2D eigenvalue weighted by molar-refractivity contribution is -0.143. The maximum atomic E-state index is 10.9. The average Bonchev–Trinajstić information content (AvgIpc) is 2.34. The number of carbonyl (C=O) groups is 1. The molecule has 1 aliphatic rings. The van der Waals surface area contributed by atoms with Crippen LogP contribution in [-0.2, 0) is 4.79 Å². The van der Waals surface area contributed by atoms with E-state index in [4.69, 9.17) is 5.11 Å². The minimum absolute atomic E-state index is 0.121. The summed E-state index contributed by atoms with van der Waals surface area (Å²) >= 11 is 0. The van der Waals surface area contributed by atoms with E-state index in [-0.39, 0.29) is 5.92 Å². The van der Waals surface area contributed by atoms with Crippen molar-refractivity contribution in [2.45, 2.75) is 58.3 Å². The molecule has 1 fully saturated rings. The van der Waals surface area contributed by atoms with Crippen LogP contribution in [0.1, 0.15) is 58.3 Å². The van der Waals surface area contributed by atoms with Crippen LogP contribution in [0.3, 0.4) is 0 Å². The molecule has 0 amide bonds. The molecule has 0 aromatic rings. The van der Waals surface area contributed by atoms with Crippen LogP contribution in [-0.4, -0.2) is 35.6 Å². The number of hydrogen-bond donors (Lipinski definition) is 1. The summed E-state index contributed by atoms with van der Waals surface area (Å²) in [4.78, 5) is 13.3. The minimum Gasteiger partial charge on any atom is -0.481 e. The van der Waals surface area contributed by atoms with Crippen molar-refractivity contribution in [3.8, 4) is 0 Å². The molecule has 1 saturated heterocycles. The number of piperidine rings is 1. The lowest BCUT2D eigenvalue weighted by Crippen LogP contribution is -2.39. The maximum Gasteiger partial charge on any atom is 0.307 e. The van der Waals surface area contributed by atoms with Gasteiger partial charge in [0.1, 0.15) is 0 Å². The smallest absolute Gasteiger partial charge is 0.307 e. The highest BCUT2D eigenvalue weighted by Gasteiger charge is 2.24. The zero-order valence-corrected chi connectivity index (χ0v) is 11.2. The normalized spacial score (nSPS) is 21.6. The van der Waals surface area contributed by atoms with Crippen molar-refractivity contribution in [3.63, 3.8) is 0 Å². The first-order valence-electron chi connectivity index (χ1n) is 7.19. The lowest BCUT2D eigenvalue weighted by Gasteiger charge is -2.30. The van der Waals surface area contributed by atoms with Crippen LogP contribution in [0.2, 0.25) is 0 Å². The molecule has 3 nitrogen and oxygen atoms in total. The van der Waals surface area contributed by atoms with E-state index in [0.717, 1.165) is 32.5 Å². The molecule has 3 heteroatoms. The number of likely N-dealkylation sites (tertiary alicyclic amines) is 1. The van der Waals surface area contributed by atoms with Gasteiger partial charge in [0.05, 0.1) is 5.92 Å². The number of carboxylic acid groups (broad SMARTS) is 1. The summed E-state index contributed by atoms with van der Waals surface area (Å²) in [6.07, 6.45) is 9.79. The van der Waals surface area contributed by atoms with Crippen molar-refractivity contribution in [2.75, 3.05) is 19.6 Å². The summed E-state index contributed by atoms with van der Waals surface area (Å²) in [7, 11) is 0. The molecule has 0 unspecified atom stereocenters. The Labute approximate surface area is 105 Å². The van der Waals surface area contributed by atoms with Crippen LogP contribution < -0.4 is 0 Å². The number of nitrogens with zero attached hydrogens (tertiary/aromatic N) is 1. The van der Waals surface area contributed by atoms with E-state index in [1.54, 1.807) is 0 Å². The van der Waals surface area contributed by atoms with Gasteiger partial charge in [-0.3, -0.25) is 4.79 Å². The molecule has 1 rings (SSSR count). The molecule has 17 heavy (non-hydrogen) atoms. The van der Waals surface area contributed by atoms with E-state index in [0.29, 0.717) is 0 Å². The van der Waals surface area contributed by atoms with E-state index >= 15 is 0 Å². The molecular weight excluding hydrogens is 214 g/mol. The summed E-state index contributed by atoms with van der Waals surface area (Å²) in [5, 5.41) is 9.00. The van der Waals surface area contributed by atoms with Crippen LogP contribution in [0.4, 0.5) is 0 Å². The molecule has 0 aliphatic carbocycles. The molecule has 1 aliphatic heterocycles. The molecule has 1 heterocycles. The number of carboxylic acids is 1. The van der Waals surface area contributed by atoms with Crippen molar-refractivity contribution >= 4 is 5.97 Å². The van der Waals surface area contributed by atoms with Crippen LogP contribution in [0, 0.1) is 5.92 Å². The Hall–Kier alpha value is -0.570. The summed E-state index contributed by atoms with van der Waals surface area (Å²) in [5.41, 5.74) is 0. The van der Waals surface area contributed by atoms with Crippen molar-refractivity contribution in [1.82, 2.24) is 4.90 Å². The molecule has 1 N–H and O–H groups in total. The highest BCUT2D eigenvalue weighted by atomic mass is 16.4. The molecule has 0 aromatic heterocycles. The third-order valence-corrected chi connectivity index (χ3v) is 3.68. The van der Waals surface area contributed by atoms with Gasteiger partial charge in [0.25, 0.3) is 0 Å². The van der Waals surface area contributed by atoms with Gasteiger partial charge in [0.2, 0.25) is 0 Å². The lowest BCUT2D eigenvalue weighted by atomic mass is 9.98. The van der Waals surface area contributed by atoms with Gasteiger partial charge in [0, 0.05) is 6.54 Å². The van der Waals surface area contributed by atoms with Crippen molar-refractivity contribution < 1.29 is 9.90 Å². The van der Waals surface area contributed by atoms with Gasteiger partial charge in [0.15, 0.2) is 0 Å². The third kappa shape index (κ3) is 6.06.